The normalized spacial score (nSPS) is 27.0. The average Bonchev–Trinajstić information content (AvgIpc) is 2.98. The van der Waals surface area contributed by atoms with E-state index < -0.39 is 0 Å². The van der Waals surface area contributed by atoms with Gasteiger partial charge in [-0.15, -0.1) is 11.3 Å². The Morgan fingerprint density at radius 2 is 2.04 bits per heavy atom. The zero-order valence-electron chi connectivity index (χ0n) is 13.9. The summed E-state index contributed by atoms with van der Waals surface area (Å²) in [5.41, 5.74) is 1.48. The molecule has 1 aliphatic carbocycles. The van der Waals surface area contributed by atoms with Gasteiger partial charge in [-0.3, -0.25) is 0 Å². The summed E-state index contributed by atoms with van der Waals surface area (Å²) in [6.07, 6.45) is 10.6. The monoisotopic (exact) mass is 336 g/mol. The lowest BCUT2D eigenvalue weighted by Gasteiger charge is -2.43. The maximum Gasteiger partial charge on any atom is 0.0943 e. The lowest BCUT2D eigenvalue weighted by molar-refractivity contribution is -0.140. The molecule has 4 rings (SSSR count). The molecule has 3 heterocycles. The minimum absolute atomic E-state index is 0.0917. The lowest BCUT2D eigenvalue weighted by Crippen LogP contribution is -2.50. The third kappa shape index (κ3) is 3.78. The lowest BCUT2D eigenvalue weighted by atomic mass is 9.84. The first kappa shape index (κ1) is 16.0. The van der Waals surface area contributed by atoms with Crippen molar-refractivity contribution in [1.29, 1.82) is 0 Å². The van der Waals surface area contributed by atoms with Crippen LogP contribution in [0, 0.1) is 0 Å². The van der Waals surface area contributed by atoms with E-state index in [0.717, 1.165) is 58.5 Å². The van der Waals surface area contributed by atoms with Gasteiger partial charge in [-0.2, -0.15) is 0 Å². The molecule has 128 valence electrons. The van der Waals surface area contributed by atoms with Gasteiger partial charge in [-0.1, -0.05) is 0 Å². The smallest absolute Gasteiger partial charge is 0.0943 e. The molecular weight excluding hydrogens is 308 g/mol. The molecule has 1 aromatic rings. The molecule has 0 unspecified atom stereocenters. The van der Waals surface area contributed by atoms with Gasteiger partial charge in [0.05, 0.1) is 16.3 Å². The Balaban J connectivity index is 1.26. The first-order chi connectivity index (χ1) is 11.3. The quantitative estimate of drug-likeness (QED) is 0.918. The Morgan fingerprint density at radius 3 is 2.91 bits per heavy atom. The van der Waals surface area contributed by atoms with Crippen molar-refractivity contribution in [2.24, 2.45) is 0 Å². The van der Waals surface area contributed by atoms with Crippen molar-refractivity contribution in [3.8, 4) is 0 Å². The molecule has 0 bridgehead atoms. The van der Waals surface area contributed by atoms with E-state index in [1.807, 2.05) is 11.3 Å². The minimum atomic E-state index is 0.0917. The maximum atomic E-state index is 6.13. The largest absolute Gasteiger partial charge is 0.381 e. The predicted molar refractivity (Wildman–Crippen MR) is 92.2 cm³/mol. The van der Waals surface area contributed by atoms with Gasteiger partial charge in [0, 0.05) is 43.7 Å². The molecule has 1 spiro atoms. The van der Waals surface area contributed by atoms with Crippen molar-refractivity contribution in [3.63, 3.8) is 0 Å². The number of hydrogen-bond donors (Lipinski definition) is 1. The summed E-state index contributed by atoms with van der Waals surface area (Å²) in [5, 5.41) is 5.10. The number of aryl methyl sites for hydroxylation is 2. The second kappa shape index (κ2) is 7.18. The molecule has 2 saturated heterocycles. The molecule has 1 atom stereocenters. The minimum Gasteiger partial charge on any atom is -0.381 e. The molecule has 1 aromatic heterocycles. The first-order valence-electron chi connectivity index (χ1n) is 9.26. The molecule has 3 aliphatic rings. The van der Waals surface area contributed by atoms with Crippen LogP contribution in [0.25, 0.3) is 0 Å². The third-order valence-corrected chi connectivity index (χ3v) is 6.78. The van der Waals surface area contributed by atoms with Crippen LogP contribution in [0.2, 0.25) is 0 Å². The summed E-state index contributed by atoms with van der Waals surface area (Å²) < 4.78 is 11.6. The van der Waals surface area contributed by atoms with Crippen LogP contribution in [0.4, 0.5) is 0 Å². The van der Waals surface area contributed by atoms with Gasteiger partial charge in [0.1, 0.15) is 0 Å². The van der Waals surface area contributed by atoms with Crippen LogP contribution in [-0.4, -0.2) is 43.0 Å². The van der Waals surface area contributed by atoms with Crippen LogP contribution in [-0.2, 0) is 28.7 Å². The maximum absolute atomic E-state index is 6.13. The van der Waals surface area contributed by atoms with E-state index in [-0.39, 0.29) is 5.60 Å². The fraction of sp³-hybridized carbons (Fsp3) is 0.833. The highest BCUT2D eigenvalue weighted by atomic mass is 32.1. The fourth-order valence-corrected chi connectivity index (χ4v) is 5.35. The molecule has 2 fully saturated rings. The topological polar surface area (TPSA) is 43.4 Å². The molecule has 2 aliphatic heterocycles. The van der Waals surface area contributed by atoms with Crippen molar-refractivity contribution in [3.05, 3.63) is 15.6 Å². The highest BCUT2D eigenvalue weighted by Gasteiger charge is 2.38. The van der Waals surface area contributed by atoms with Crippen molar-refractivity contribution >= 4 is 11.3 Å². The van der Waals surface area contributed by atoms with Gasteiger partial charge in [-0.25, -0.2) is 4.98 Å². The Bertz CT molecular complexity index is 496. The van der Waals surface area contributed by atoms with Crippen LogP contribution in [0.5, 0.6) is 0 Å². The van der Waals surface area contributed by atoms with Crippen molar-refractivity contribution in [2.75, 3.05) is 26.4 Å². The fourth-order valence-electron chi connectivity index (χ4n) is 4.19. The zero-order valence-corrected chi connectivity index (χ0v) is 14.8. The van der Waals surface area contributed by atoms with Gasteiger partial charge >= 0.3 is 0 Å². The van der Waals surface area contributed by atoms with E-state index in [2.05, 4.69) is 5.32 Å². The van der Waals surface area contributed by atoms with E-state index in [4.69, 9.17) is 14.5 Å². The summed E-state index contributed by atoms with van der Waals surface area (Å²) in [6, 6.07) is 0.594. The molecule has 5 heteroatoms. The number of ether oxygens (including phenoxy) is 2. The third-order valence-electron chi connectivity index (χ3n) is 5.56. The second-order valence-electron chi connectivity index (χ2n) is 7.22. The van der Waals surface area contributed by atoms with Crippen LogP contribution >= 0.6 is 11.3 Å². The van der Waals surface area contributed by atoms with Crippen molar-refractivity contribution in [1.82, 2.24) is 10.3 Å². The SMILES string of the molecule is C1CCc2sc(CCN[C@H]3CCOC4(CCOCC4)C3)nc2C1. The Kier molecular flexibility index (Phi) is 4.99. The number of aromatic nitrogens is 1. The molecule has 0 saturated carbocycles. The van der Waals surface area contributed by atoms with Gasteiger partial charge in [-0.05, 0) is 51.4 Å². The summed E-state index contributed by atoms with van der Waals surface area (Å²) >= 11 is 1.95. The van der Waals surface area contributed by atoms with Gasteiger partial charge in [0.2, 0.25) is 0 Å². The van der Waals surface area contributed by atoms with Crippen LogP contribution in [0.3, 0.4) is 0 Å². The van der Waals surface area contributed by atoms with Crippen LogP contribution < -0.4 is 5.32 Å². The number of nitrogens with zero attached hydrogens (tertiary/aromatic N) is 1. The molecule has 0 radical (unpaired) electrons. The molecular formula is C18H28N2O2S. The van der Waals surface area contributed by atoms with Crippen LogP contribution in [0.1, 0.15) is 54.1 Å². The molecule has 23 heavy (non-hydrogen) atoms. The molecule has 0 aromatic carbocycles. The Labute approximate surface area is 143 Å². The van der Waals surface area contributed by atoms with E-state index in [1.165, 1.54) is 36.4 Å². The predicted octanol–water partition coefficient (Wildman–Crippen LogP) is 2.88. The average molecular weight is 337 g/mol. The van der Waals surface area contributed by atoms with Gasteiger partial charge in [0.15, 0.2) is 0 Å². The second-order valence-corrected chi connectivity index (χ2v) is 8.39. The van der Waals surface area contributed by atoms with E-state index in [1.54, 1.807) is 4.88 Å². The summed E-state index contributed by atoms with van der Waals surface area (Å²) in [5.74, 6) is 0. The molecule has 1 N–H and O–H groups in total. The number of thiazole rings is 1. The van der Waals surface area contributed by atoms with Crippen LogP contribution in [0.15, 0.2) is 0 Å². The standard InChI is InChI=1S/C18H28N2O2S/c1-2-4-16-15(3-1)20-17(23-16)5-9-19-14-6-10-22-18(13-14)7-11-21-12-8-18/h14,19H,1-13H2/t14-/m0/s1. The zero-order chi connectivity index (χ0) is 15.5. The van der Waals surface area contributed by atoms with E-state index in [9.17, 15) is 0 Å². The number of fused-ring (bicyclic) bond motifs is 1. The highest BCUT2D eigenvalue weighted by Crippen LogP contribution is 2.34. The molecule has 0 amide bonds. The number of hydrogen-bond acceptors (Lipinski definition) is 5. The van der Waals surface area contributed by atoms with Crippen molar-refractivity contribution < 1.29 is 9.47 Å². The first-order valence-corrected chi connectivity index (χ1v) is 10.1. The summed E-state index contributed by atoms with van der Waals surface area (Å²) in [4.78, 5) is 6.41. The van der Waals surface area contributed by atoms with Gasteiger partial charge in [0.25, 0.3) is 0 Å². The van der Waals surface area contributed by atoms with Crippen molar-refractivity contribution in [2.45, 2.75) is 69.4 Å². The Hall–Kier alpha value is -0.490. The highest BCUT2D eigenvalue weighted by molar-refractivity contribution is 7.11. The summed E-state index contributed by atoms with van der Waals surface area (Å²) in [7, 11) is 0. The van der Waals surface area contributed by atoms with Gasteiger partial charge < -0.3 is 14.8 Å². The van der Waals surface area contributed by atoms with E-state index >= 15 is 0 Å². The number of nitrogens with one attached hydrogen (secondary N) is 1. The molecule has 4 nitrogen and oxygen atoms in total. The number of rotatable bonds is 4. The van der Waals surface area contributed by atoms with E-state index in [0.29, 0.717) is 6.04 Å². The Morgan fingerprint density at radius 1 is 1.17 bits per heavy atom. The summed E-state index contributed by atoms with van der Waals surface area (Å²) in [6.45, 7) is 3.65.